The SMILES string of the molecule is C#CCN1CCN2c3ccccc3Cc3cccc4c3[C@H]2[C@@H]1C4. The highest BCUT2D eigenvalue weighted by Crippen LogP contribution is 2.47. The molecule has 5 rings (SSSR count). The van der Waals surface area contributed by atoms with Gasteiger partial charge in [0.15, 0.2) is 0 Å². The van der Waals surface area contributed by atoms with E-state index in [1.54, 1.807) is 5.56 Å². The third kappa shape index (κ3) is 1.81. The van der Waals surface area contributed by atoms with E-state index in [2.05, 4.69) is 58.2 Å². The van der Waals surface area contributed by atoms with Gasteiger partial charge in [0.05, 0.1) is 12.6 Å². The third-order valence-corrected chi connectivity index (χ3v) is 5.79. The van der Waals surface area contributed by atoms with Gasteiger partial charge >= 0.3 is 0 Å². The van der Waals surface area contributed by atoms with Crippen molar-refractivity contribution in [2.75, 3.05) is 24.5 Å². The fourth-order valence-corrected chi connectivity index (χ4v) is 4.87. The molecule has 0 saturated carbocycles. The van der Waals surface area contributed by atoms with Gasteiger partial charge in [-0.05, 0) is 41.2 Å². The van der Waals surface area contributed by atoms with Crippen molar-refractivity contribution < 1.29 is 0 Å². The number of rotatable bonds is 1. The normalized spacial score (nSPS) is 24.6. The Bertz CT molecular complexity index is 817. The summed E-state index contributed by atoms with van der Waals surface area (Å²) in [7, 11) is 0. The van der Waals surface area contributed by atoms with E-state index < -0.39 is 0 Å². The van der Waals surface area contributed by atoms with E-state index in [4.69, 9.17) is 6.42 Å². The fraction of sp³-hybridized carbons (Fsp3) is 0.333. The molecule has 3 aliphatic rings. The van der Waals surface area contributed by atoms with Crippen molar-refractivity contribution >= 4 is 5.69 Å². The Labute approximate surface area is 137 Å². The van der Waals surface area contributed by atoms with Gasteiger partial charge in [0.1, 0.15) is 0 Å². The van der Waals surface area contributed by atoms with Crippen molar-refractivity contribution in [2.24, 2.45) is 0 Å². The summed E-state index contributed by atoms with van der Waals surface area (Å²) in [6.45, 7) is 2.89. The molecule has 2 heterocycles. The van der Waals surface area contributed by atoms with Gasteiger partial charge < -0.3 is 4.90 Å². The second-order valence-corrected chi connectivity index (χ2v) is 6.88. The second kappa shape index (κ2) is 4.88. The molecule has 0 radical (unpaired) electrons. The smallest absolute Gasteiger partial charge is 0.0707 e. The average molecular weight is 300 g/mol. The minimum atomic E-state index is 0.465. The first-order chi connectivity index (χ1) is 11.4. The monoisotopic (exact) mass is 300 g/mol. The fourth-order valence-electron chi connectivity index (χ4n) is 4.87. The minimum absolute atomic E-state index is 0.465. The quantitative estimate of drug-likeness (QED) is 0.747. The molecule has 2 nitrogen and oxygen atoms in total. The molecule has 2 atom stereocenters. The van der Waals surface area contributed by atoms with Crippen LogP contribution in [0, 0.1) is 12.3 Å². The van der Waals surface area contributed by atoms with E-state index in [1.807, 2.05) is 0 Å². The lowest BCUT2D eigenvalue weighted by Gasteiger charge is -2.45. The molecule has 0 bridgehead atoms. The number of nitrogens with zero attached hydrogens (tertiary/aromatic N) is 2. The molecule has 2 aromatic rings. The summed E-state index contributed by atoms with van der Waals surface area (Å²) in [5.74, 6) is 2.87. The van der Waals surface area contributed by atoms with Crippen LogP contribution in [0.3, 0.4) is 0 Å². The summed E-state index contributed by atoms with van der Waals surface area (Å²) in [5.41, 5.74) is 7.49. The summed E-state index contributed by atoms with van der Waals surface area (Å²) >= 11 is 0. The molecule has 1 fully saturated rings. The van der Waals surface area contributed by atoms with Crippen molar-refractivity contribution in [3.63, 3.8) is 0 Å². The molecule has 0 amide bonds. The highest BCUT2D eigenvalue weighted by atomic mass is 15.3. The Balaban J connectivity index is 1.72. The summed E-state index contributed by atoms with van der Waals surface area (Å²) in [6.07, 6.45) is 7.81. The first kappa shape index (κ1) is 13.2. The Morgan fingerprint density at radius 2 is 1.83 bits per heavy atom. The number of hydrogen-bond acceptors (Lipinski definition) is 2. The molecule has 114 valence electrons. The molecule has 1 aliphatic carbocycles. The van der Waals surface area contributed by atoms with Crippen LogP contribution in [0.1, 0.15) is 28.3 Å². The summed E-state index contributed by atoms with van der Waals surface area (Å²) in [5, 5.41) is 0. The number of hydrogen-bond donors (Lipinski definition) is 0. The van der Waals surface area contributed by atoms with Gasteiger partial charge in [0, 0.05) is 24.8 Å². The number of fused-ring (bicyclic) bond motifs is 2. The van der Waals surface area contributed by atoms with Crippen LogP contribution < -0.4 is 4.90 Å². The zero-order valence-electron chi connectivity index (χ0n) is 13.2. The molecule has 0 aromatic heterocycles. The Morgan fingerprint density at radius 3 is 2.74 bits per heavy atom. The van der Waals surface area contributed by atoms with Crippen LogP contribution in [0.2, 0.25) is 0 Å². The predicted molar refractivity (Wildman–Crippen MR) is 93.7 cm³/mol. The van der Waals surface area contributed by atoms with Gasteiger partial charge in [-0.15, -0.1) is 6.42 Å². The predicted octanol–water partition coefficient (Wildman–Crippen LogP) is 3.01. The molecule has 0 N–H and O–H groups in total. The first-order valence-corrected chi connectivity index (χ1v) is 8.49. The molecule has 2 aliphatic heterocycles. The highest BCUT2D eigenvalue weighted by molar-refractivity contribution is 5.63. The van der Waals surface area contributed by atoms with E-state index in [0.29, 0.717) is 12.1 Å². The van der Waals surface area contributed by atoms with Crippen LogP contribution in [-0.2, 0) is 12.8 Å². The zero-order chi connectivity index (χ0) is 15.4. The summed E-state index contributed by atoms with van der Waals surface area (Å²) in [6, 6.07) is 16.8. The van der Waals surface area contributed by atoms with Crippen molar-refractivity contribution in [1.82, 2.24) is 4.90 Å². The van der Waals surface area contributed by atoms with Crippen molar-refractivity contribution in [2.45, 2.75) is 24.9 Å². The zero-order valence-corrected chi connectivity index (χ0v) is 13.2. The van der Waals surface area contributed by atoms with E-state index >= 15 is 0 Å². The summed E-state index contributed by atoms with van der Waals surface area (Å²) < 4.78 is 0. The molecule has 0 unspecified atom stereocenters. The Kier molecular flexibility index (Phi) is 2.80. The number of para-hydroxylation sites is 1. The van der Waals surface area contributed by atoms with Crippen LogP contribution in [0.25, 0.3) is 0 Å². The molecule has 2 heteroatoms. The lowest BCUT2D eigenvalue weighted by Crippen LogP contribution is -2.53. The molecule has 1 saturated heterocycles. The van der Waals surface area contributed by atoms with Crippen LogP contribution in [0.4, 0.5) is 5.69 Å². The van der Waals surface area contributed by atoms with Crippen LogP contribution in [-0.4, -0.2) is 30.6 Å². The van der Waals surface area contributed by atoms with Crippen LogP contribution >= 0.6 is 0 Å². The largest absolute Gasteiger partial charge is 0.361 e. The first-order valence-electron chi connectivity index (χ1n) is 8.49. The molecule has 23 heavy (non-hydrogen) atoms. The standard InChI is InChI=1S/C21H20N2/c1-2-10-22-11-12-23-18-9-4-3-6-15(18)13-16-7-5-8-17-14-19(22)21(23)20(16)17/h1,3-9,19,21H,10-14H2/t19-,21+/m0/s1. The van der Waals surface area contributed by atoms with E-state index in [9.17, 15) is 0 Å². The van der Waals surface area contributed by atoms with E-state index in [-0.39, 0.29) is 0 Å². The third-order valence-electron chi connectivity index (χ3n) is 5.79. The molecule has 2 aromatic carbocycles. The minimum Gasteiger partial charge on any atom is -0.361 e. The molecular formula is C21H20N2. The van der Waals surface area contributed by atoms with Gasteiger partial charge in [-0.3, -0.25) is 4.90 Å². The number of piperazine rings is 1. The maximum absolute atomic E-state index is 5.63. The maximum Gasteiger partial charge on any atom is 0.0707 e. The number of benzene rings is 2. The highest BCUT2D eigenvalue weighted by Gasteiger charge is 2.45. The van der Waals surface area contributed by atoms with Gasteiger partial charge in [-0.2, -0.15) is 0 Å². The Hall–Kier alpha value is -2.24. The van der Waals surface area contributed by atoms with Crippen LogP contribution in [0.15, 0.2) is 42.5 Å². The van der Waals surface area contributed by atoms with Gasteiger partial charge in [0.25, 0.3) is 0 Å². The van der Waals surface area contributed by atoms with Crippen molar-refractivity contribution in [1.29, 1.82) is 0 Å². The van der Waals surface area contributed by atoms with Crippen molar-refractivity contribution in [3.8, 4) is 12.3 Å². The van der Waals surface area contributed by atoms with E-state index in [1.165, 1.54) is 22.4 Å². The topological polar surface area (TPSA) is 6.48 Å². The summed E-state index contributed by atoms with van der Waals surface area (Å²) in [4.78, 5) is 5.16. The van der Waals surface area contributed by atoms with Crippen LogP contribution in [0.5, 0.6) is 0 Å². The number of anilines is 1. The molecule has 0 spiro atoms. The Morgan fingerprint density at radius 1 is 1.00 bits per heavy atom. The van der Waals surface area contributed by atoms with Gasteiger partial charge in [-0.1, -0.05) is 42.3 Å². The van der Waals surface area contributed by atoms with E-state index in [0.717, 1.165) is 32.5 Å². The average Bonchev–Trinajstić information content (AvgIpc) is 2.90. The number of terminal acetylenes is 1. The van der Waals surface area contributed by atoms with Gasteiger partial charge in [-0.25, -0.2) is 0 Å². The lowest BCUT2D eigenvalue weighted by molar-refractivity contribution is 0.169. The maximum atomic E-state index is 5.63. The lowest BCUT2D eigenvalue weighted by atomic mass is 9.96. The second-order valence-electron chi connectivity index (χ2n) is 6.88. The molecular weight excluding hydrogens is 280 g/mol. The van der Waals surface area contributed by atoms with Gasteiger partial charge in [0.2, 0.25) is 0 Å². The van der Waals surface area contributed by atoms with Crippen molar-refractivity contribution in [3.05, 3.63) is 64.7 Å².